The molecular formula is C13H14N4. The second-order valence-corrected chi connectivity index (χ2v) is 4.35. The number of aromatic nitrogens is 4. The van der Waals surface area contributed by atoms with Gasteiger partial charge in [-0.3, -0.25) is 9.78 Å². The average molecular weight is 226 g/mol. The predicted molar refractivity (Wildman–Crippen MR) is 67.8 cm³/mol. The van der Waals surface area contributed by atoms with E-state index in [1.165, 1.54) is 11.1 Å². The molecule has 0 fully saturated rings. The lowest BCUT2D eigenvalue weighted by Crippen LogP contribution is -1.88. The molecule has 2 aromatic heterocycles. The van der Waals surface area contributed by atoms with Crippen molar-refractivity contribution in [3.05, 3.63) is 35.8 Å². The van der Waals surface area contributed by atoms with Gasteiger partial charge in [-0.15, -0.1) is 0 Å². The maximum atomic E-state index is 4.26. The Bertz CT molecular complexity index is 671. The van der Waals surface area contributed by atoms with Crippen LogP contribution in [0.1, 0.15) is 11.4 Å². The van der Waals surface area contributed by atoms with Crippen LogP contribution < -0.4 is 0 Å². The molecule has 0 spiro atoms. The van der Waals surface area contributed by atoms with Crippen molar-refractivity contribution in [2.45, 2.75) is 13.8 Å². The van der Waals surface area contributed by atoms with E-state index in [1.807, 2.05) is 31.8 Å². The Kier molecular flexibility index (Phi) is 2.04. The van der Waals surface area contributed by atoms with E-state index in [0.29, 0.717) is 0 Å². The zero-order valence-electron chi connectivity index (χ0n) is 10.2. The molecule has 0 saturated carbocycles. The molecule has 1 aromatic carbocycles. The third-order valence-electron chi connectivity index (χ3n) is 3.16. The molecule has 17 heavy (non-hydrogen) atoms. The van der Waals surface area contributed by atoms with Gasteiger partial charge >= 0.3 is 0 Å². The van der Waals surface area contributed by atoms with Crippen molar-refractivity contribution >= 4 is 10.9 Å². The second-order valence-electron chi connectivity index (χ2n) is 4.35. The monoisotopic (exact) mass is 226 g/mol. The lowest BCUT2D eigenvalue weighted by molar-refractivity contribution is 0.797. The van der Waals surface area contributed by atoms with Crippen molar-refractivity contribution in [2.24, 2.45) is 7.05 Å². The number of rotatable bonds is 1. The molecule has 4 heteroatoms. The molecule has 0 saturated heterocycles. The lowest BCUT2D eigenvalue weighted by atomic mass is 10.0. The first-order valence-electron chi connectivity index (χ1n) is 5.60. The molecule has 0 amide bonds. The fourth-order valence-electron chi connectivity index (χ4n) is 2.30. The Labute approximate surface area is 99.3 Å². The number of aromatic amines is 1. The molecule has 0 aliphatic heterocycles. The fraction of sp³-hybridized carbons (Fsp3) is 0.231. The van der Waals surface area contributed by atoms with Crippen LogP contribution in [0.25, 0.3) is 22.0 Å². The Morgan fingerprint density at radius 3 is 2.76 bits per heavy atom. The van der Waals surface area contributed by atoms with Crippen LogP contribution in [-0.2, 0) is 7.05 Å². The van der Waals surface area contributed by atoms with Crippen molar-refractivity contribution in [3.63, 3.8) is 0 Å². The van der Waals surface area contributed by atoms with Crippen molar-refractivity contribution in [1.29, 1.82) is 0 Å². The number of hydrogen-bond donors (Lipinski definition) is 1. The first-order valence-corrected chi connectivity index (χ1v) is 5.60. The van der Waals surface area contributed by atoms with Crippen LogP contribution in [0.3, 0.4) is 0 Å². The number of hydrogen-bond acceptors (Lipinski definition) is 2. The number of fused-ring (bicyclic) bond motifs is 1. The van der Waals surface area contributed by atoms with Crippen LogP contribution in [0.4, 0.5) is 0 Å². The maximum absolute atomic E-state index is 4.26. The smallest absolute Gasteiger partial charge is 0.0679 e. The first-order chi connectivity index (χ1) is 8.16. The maximum Gasteiger partial charge on any atom is 0.0679 e. The Balaban J connectivity index is 2.25. The van der Waals surface area contributed by atoms with Crippen LogP contribution in [0, 0.1) is 13.8 Å². The molecule has 0 aliphatic carbocycles. The van der Waals surface area contributed by atoms with E-state index in [9.17, 15) is 0 Å². The third kappa shape index (κ3) is 1.45. The quantitative estimate of drug-likeness (QED) is 0.693. The van der Waals surface area contributed by atoms with Crippen LogP contribution in [-0.4, -0.2) is 20.0 Å². The van der Waals surface area contributed by atoms with E-state index in [-0.39, 0.29) is 0 Å². The summed E-state index contributed by atoms with van der Waals surface area (Å²) in [6.45, 7) is 4.06. The molecule has 2 heterocycles. The summed E-state index contributed by atoms with van der Waals surface area (Å²) in [5, 5.41) is 12.7. The largest absolute Gasteiger partial charge is 0.282 e. The van der Waals surface area contributed by atoms with E-state index >= 15 is 0 Å². The Hall–Kier alpha value is -2.10. The summed E-state index contributed by atoms with van der Waals surface area (Å²) in [4.78, 5) is 0. The number of H-pyrrole nitrogens is 1. The van der Waals surface area contributed by atoms with Gasteiger partial charge in [-0.25, -0.2) is 0 Å². The molecule has 4 nitrogen and oxygen atoms in total. The number of nitrogens with one attached hydrogen (secondary N) is 1. The van der Waals surface area contributed by atoms with E-state index in [0.717, 1.165) is 22.3 Å². The topological polar surface area (TPSA) is 46.5 Å². The standard InChI is InChI=1S/C13H14N4/c1-8-13(9(2)16-15-8)10-4-5-12-11(6-10)7-14-17(12)3/h4-7H,1-3H3,(H,15,16). The van der Waals surface area contributed by atoms with Crippen molar-refractivity contribution < 1.29 is 0 Å². The van der Waals surface area contributed by atoms with Gasteiger partial charge in [0.15, 0.2) is 0 Å². The summed E-state index contributed by atoms with van der Waals surface area (Å²) in [6, 6.07) is 6.38. The van der Waals surface area contributed by atoms with Gasteiger partial charge in [-0.1, -0.05) is 6.07 Å². The summed E-state index contributed by atoms with van der Waals surface area (Å²) < 4.78 is 1.88. The predicted octanol–water partition coefficient (Wildman–Crippen LogP) is 2.58. The second kappa shape index (κ2) is 3.45. The van der Waals surface area contributed by atoms with E-state index in [1.54, 1.807) is 0 Å². The van der Waals surface area contributed by atoms with Crippen LogP contribution in [0.2, 0.25) is 0 Å². The van der Waals surface area contributed by atoms with E-state index in [2.05, 4.69) is 33.5 Å². The molecule has 1 N–H and O–H groups in total. The Morgan fingerprint density at radius 1 is 1.24 bits per heavy atom. The highest BCUT2D eigenvalue weighted by atomic mass is 15.2. The van der Waals surface area contributed by atoms with Crippen molar-refractivity contribution in [3.8, 4) is 11.1 Å². The SMILES string of the molecule is Cc1n[nH]c(C)c1-c1ccc2c(cnn2C)c1. The first kappa shape index (κ1) is 10.1. The van der Waals surface area contributed by atoms with Gasteiger partial charge < -0.3 is 0 Å². The normalized spacial score (nSPS) is 11.2. The summed E-state index contributed by atoms with van der Waals surface area (Å²) in [5.41, 5.74) is 5.66. The number of benzene rings is 1. The molecule has 3 aromatic rings. The summed E-state index contributed by atoms with van der Waals surface area (Å²) in [7, 11) is 1.95. The highest BCUT2D eigenvalue weighted by Gasteiger charge is 2.10. The van der Waals surface area contributed by atoms with E-state index < -0.39 is 0 Å². The van der Waals surface area contributed by atoms with Crippen molar-refractivity contribution in [1.82, 2.24) is 20.0 Å². The minimum absolute atomic E-state index is 1.03. The molecule has 3 rings (SSSR count). The van der Waals surface area contributed by atoms with Gasteiger partial charge in [0, 0.05) is 23.7 Å². The molecule has 0 unspecified atom stereocenters. The highest BCUT2D eigenvalue weighted by Crippen LogP contribution is 2.28. The zero-order valence-corrected chi connectivity index (χ0v) is 10.2. The molecule has 0 aliphatic rings. The van der Waals surface area contributed by atoms with Gasteiger partial charge in [-0.2, -0.15) is 10.2 Å². The molecule has 0 atom stereocenters. The zero-order chi connectivity index (χ0) is 12.0. The van der Waals surface area contributed by atoms with Gasteiger partial charge in [0.25, 0.3) is 0 Å². The Morgan fingerprint density at radius 2 is 2.06 bits per heavy atom. The molecule has 0 radical (unpaired) electrons. The third-order valence-corrected chi connectivity index (χ3v) is 3.16. The van der Waals surface area contributed by atoms with Gasteiger partial charge in [0.2, 0.25) is 0 Å². The summed E-state index contributed by atoms with van der Waals surface area (Å²) in [6.07, 6.45) is 1.89. The number of aryl methyl sites for hydroxylation is 3. The average Bonchev–Trinajstić information content (AvgIpc) is 2.83. The van der Waals surface area contributed by atoms with E-state index in [4.69, 9.17) is 0 Å². The summed E-state index contributed by atoms with van der Waals surface area (Å²) >= 11 is 0. The van der Waals surface area contributed by atoms with Crippen LogP contribution >= 0.6 is 0 Å². The van der Waals surface area contributed by atoms with Crippen LogP contribution in [0.5, 0.6) is 0 Å². The summed E-state index contributed by atoms with van der Waals surface area (Å²) in [5.74, 6) is 0. The van der Waals surface area contributed by atoms with Crippen LogP contribution in [0.15, 0.2) is 24.4 Å². The minimum Gasteiger partial charge on any atom is -0.282 e. The van der Waals surface area contributed by atoms with Crippen molar-refractivity contribution in [2.75, 3.05) is 0 Å². The highest BCUT2D eigenvalue weighted by molar-refractivity contribution is 5.85. The molecule has 86 valence electrons. The van der Waals surface area contributed by atoms with Gasteiger partial charge in [0.1, 0.15) is 0 Å². The minimum atomic E-state index is 1.03. The number of nitrogens with zero attached hydrogens (tertiary/aromatic N) is 3. The molecular weight excluding hydrogens is 212 g/mol. The lowest BCUT2D eigenvalue weighted by Gasteiger charge is -2.02. The van der Waals surface area contributed by atoms with Gasteiger partial charge in [0.05, 0.1) is 17.4 Å². The molecule has 0 bridgehead atoms. The van der Waals surface area contributed by atoms with Gasteiger partial charge in [-0.05, 0) is 31.5 Å². The fourth-order valence-corrected chi connectivity index (χ4v) is 2.30.